The largest absolute Gasteiger partial charge is 0.395 e. The standard InChI is InChI=1S/C8H7ClN4/c9-4-1-2-6-5(3-4)7(10)8(11)13-12-6/h1-3H,(H2,10,12)(H2,11,13). The second-order valence-electron chi connectivity index (χ2n) is 2.66. The van der Waals surface area contributed by atoms with Crippen LogP contribution in [0.2, 0.25) is 5.02 Å². The van der Waals surface area contributed by atoms with Crippen LogP contribution in [-0.2, 0) is 0 Å². The van der Waals surface area contributed by atoms with E-state index >= 15 is 0 Å². The summed E-state index contributed by atoms with van der Waals surface area (Å²) in [7, 11) is 0. The van der Waals surface area contributed by atoms with Gasteiger partial charge in [-0.15, -0.1) is 10.2 Å². The van der Waals surface area contributed by atoms with Gasteiger partial charge >= 0.3 is 0 Å². The van der Waals surface area contributed by atoms with E-state index in [0.717, 1.165) is 5.39 Å². The van der Waals surface area contributed by atoms with Crippen molar-refractivity contribution in [2.24, 2.45) is 0 Å². The number of benzene rings is 1. The molecule has 0 fully saturated rings. The van der Waals surface area contributed by atoms with E-state index in [-0.39, 0.29) is 5.82 Å². The molecule has 0 unspecified atom stereocenters. The maximum Gasteiger partial charge on any atom is 0.169 e. The van der Waals surface area contributed by atoms with E-state index in [4.69, 9.17) is 23.1 Å². The lowest BCUT2D eigenvalue weighted by atomic mass is 10.2. The fraction of sp³-hybridized carbons (Fsp3) is 0. The first kappa shape index (κ1) is 8.07. The number of nitrogens with two attached hydrogens (primary N) is 2. The predicted molar refractivity (Wildman–Crippen MR) is 53.4 cm³/mol. The van der Waals surface area contributed by atoms with Crippen LogP contribution < -0.4 is 11.5 Å². The third-order valence-corrected chi connectivity index (χ3v) is 2.03. The molecule has 2 aromatic rings. The van der Waals surface area contributed by atoms with Crippen LogP contribution >= 0.6 is 11.6 Å². The lowest BCUT2D eigenvalue weighted by molar-refractivity contribution is 1.09. The summed E-state index contributed by atoms with van der Waals surface area (Å²) in [6.45, 7) is 0. The molecule has 5 heteroatoms. The lowest BCUT2D eigenvalue weighted by Gasteiger charge is -2.02. The minimum absolute atomic E-state index is 0.231. The summed E-state index contributed by atoms with van der Waals surface area (Å²) in [5, 5.41) is 8.90. The number of rotatable bonds is 0. The van der Waals surface area contributed by atoms with Crippen LogP contribution in [0.5, 0.6) is 0 Å². The molecule has 0 spiro atoms. The van der Waals surface area contributed by atoms with Gasteiger partial charge in [0.15, 0.2) is 5.82 Å². The molecule has 1 heterocycles. The second kappa shape index (κ2) is 2.74. The Morgan fingerprint density at radius 3 is 2.69 bits per heavy atom. The van der Waals surface area contributed by atoms with Gasteiger partial charge in [0, 0.05) is 10.4 Å². The summed E-state index contributed by atoms with van der Waals surface area (Å²) in [6.07, 6.45) is 0. The van der Waals surface area contributed by atoms with Crippen molar-refractivity contribution in [2.45, 2.75) is 0 Å². The average molecular weight is 195 g/mol. The number of halogens is 1. The van der Waals surface area contributed by atoms with Crippen molar-refractivity contribution >= 4 is 34.0 Å². The highest BCUT2D eigenvalue weighted by Gasteiger charge is 2.04. The molecule has 2 rings (SSSR count). The Balaban J connectivity index is 2.89. The highest BCUT2D eigenvalue weighted by atomic mass is 35.5. The van der Waals surface area contributed by atoms with E-state index in [9.17, 15) is 0 Å². The van der Waals surface area contributed by atoms with Crippen molar-refractivity contribution in [2.75, 3.05) is 11.5 Å². The van der Waals surface area contributed by atoms with E-state index in [1.165, 1.54) is 0 Å². The maximum absolute atomic E-state index is 5.80. The second-order valence-corrected chi connectivity index (χ2v) is 3.10. The predicted octanol–water partition coefficient (Wildman–Crippen LogP) is 1.45. The zero-order valence-electron chi connectivity index (χ0n) is 6.66. The molecule has 1 aromatic carbocycles. The Morgan fingerprint density at radius 1 is 1.15 bits per heavy atom. The van der Waals surface area contributed by atoms with Crippen LogP contribution in [0.4, 0.5) is 11.5 Å². The van der Waals surface area contributed by atoms with E-state index in [2.05, 4.69) is 10.2 Å². The van der Waals surface area contributed by atoms with Crippen molar-refractivity contribution < 1.29 is 0 Å². The first-order chi connectivity index (χ1) is 6.18. The Hall–Kier alpha value is -1.55. The van der Waals surface area contributed by atoms with Crippen molar-refractivity contribution in [3.05, 3.63) is 23.2 Å². The molecule has 4 nitrogen and oxygen atoms in total. The molecule has 0 bridgehead atoms. The van der Waals surface area contributed by atoms with Gasteiger partial charge in [-0.2, -0.15) is 0 Å². The summed E-state index contributed by atoms with van der Waals surface area (Å²) in [5.74, 6) is 0.231. The van der Waals surface area contributed by atoms with Crippen molar-refractivity contribution in [1.82, 2.24) is 10.2 Å². The van der Waals surface area contributed by atoms with Gasteiger partial charge in [0.1, 0.15) is 0 Å². The number of hydrogen-bond acceptors (Lipinski definition) is 4. The summed E-state index contributed by atoms with van der Waals surface area (Å²) < 4.78 is 0. The van der Waals surface area contributed by atoms with Crippen LogP contribution in [0.1, 0.15) is 0 Å². The first-order valence-electron chi connectivity index (χ1n) is 3.65. The third-order valence-electron chi connectivity index (χ3n) is 1.79. The van der Waals surface area contributed by atoms with Crippen LogP contribution in [-0.4, -0.2) is 10.2 Å². The summed E-state index contributed by atoms with van der Waals surface area (Å²) in [5.41, 5.74) is 12.3. The number of fused-ring (bicyclic) bond motifs is 1. The van der Waals surface area contributed by atoms with Gasteiger partial charge in [-0.3, -0.25) is 0 Å². The van der Waals surface area contributed by atoms with E-state index in [1.807, 2.05) is 0 Å². The van der Waals surface area contributed by atoms with Gasteiger partial charge in [-0.25, -0.2) is 0 Å². The molecule has 0 radical (unpaired) electrons. The van der Waals surface area contributed by atoms with Crippen LogP contribution in [0.3, 0.4) is 0 Å². The van der Waals surface area contributed by atoms with E-state index in [0.29, 0.717) is 16.2 Å². The van der Waals surface area contributed by atoms with Crippen LogP contribution in [0.25, 0.3) is 10.9 Å². The van der Waals surface area contributed by atoms with Gasteiger partial charge < -0.3 is 11.5 Å². The van der Waals surface area contributed by atoms with Gasteiger partial charge in [0.25, 0.3) is 0 Å². The molecule has 0 amide bonds. The highest BCUT2D eigenvalue weighted by molar-refractivity contribution is 6.31. The Kier molecular flexibility index (Phi) is 1.70. The van der Waals surface area contributed by atoms with Gasteiger partial charge in [0.2, 0.25) is 0 Å². The summed E-state index contributed by atoms with van der Waals surface area (Å²) >= 11 is 5.80. The molecule has 0 saturated carbocycles. The molecule has 4 N–H and O–H groups in total. The Bertz CT molecular complexity index is 464. The number of nitrogen functional groups attached to an aromatic ring is 2. The summed E-state index contributed by atoms with van der Waals surface area (Å²) in [4.78, 5) is 0. The third kappa shape index (κ3) is 1.25. The molecule has 0 atom stereocenters. The van der Waals surface area contributed by atoms with E-state index < -0.39 is 0 Å². The SMILES string of the molecule is Nc1nnc2ccc(Cl)cc2c1N. The molecule has 0 aliphatic heterocycles. The molecule has 13 heavy (non-hydrogen) atoms. The van der Waals surface area contributed by atoms with Crippen LogP contribution in [0.15, 0.2) is 18.2 Å². The number of aromatic nitrogens is 2. The van der Waals surface area contributed by atoms with Crippen molar-refractivity contribution in [3.63, 3.8) is 0 Å². The fourth-order valence-electron chi connectivity index (χ4n) is 1.11. The first-order valence-corrected chi connectivity index (χ1v) is 4.03. The maximum atomic E-state index is 5.80. The van der Waals surface area contributed by atoms with Crippen molar-refractivity contribution in [1.29, 1.82) is 0 Å². The smallest absolute Gasteiger partial charge is 0.169 e. The molecule has 0 saturated heterocycles. The molecule has 1 aromatic heterocycles. The quantitative estimate of drug-likeness (QED) is 0.666. The summed E-state index contributed by atoms with van der Waals surface area (Å²) in [6, 6.07) is 5.20. The minimum Gasteiger partial charge on any atom is -0.395 e. The number of nitrogens with zero attached hydrogens (tertiary/aromatic N) is 2. The molecule has 66 valence electrons. The van der Waals surface area contributed by atoms with E-state index in [1.54, 1.807) is 18.2 Å². The minimum atomic E-state index is 0.231. The average Bonchev–Trinajstić information content (AvgIpc) is 2.12. The lowest BCUT2D eigenvalue weighted by Crippen LogP contribution is -2.00. The molecule has 0 aliphatic rings. The molecular weight excluding hydrogens is 188 g/mol. The van der Waals surface area contributed by atoms with Gasteiger partial charge in [-0.05, 0) is 18.2 Å². The molecule has 0 aliphatic carbocycles. The molecular formula is C8H7ClN4. The Labute approximate surface area is 79.5 Å². The zero-order valence-corrected chi connectivity index (χ0v) is 7.42. The number of hydrogen-bond donors (Lipinski definition) is 2. The van der Waals surface area contributed by atoms with Gasteiger partial charge in [-0.1, -0.05) is 11.6 Å². The number of anilines is 2. The fourth-order valence-corrected chi connectivity index (χ4v) is 1.28. The highest BCUT2D eigenvalue weighted by Crippen LogP contribution is 2.25. The van der Waals surface area contributed by atoms with Gasteiger partial charge in [0.05, 0.1) is 11.2 Å². The topological polar surface area (TPSA) is 77.8 Å². The Morgan fingerprint density at radius 2 is 1.92 bits per heavy atom. The normalized spacial score (nSPS) is 10.5. The van der Waals surface area contributed by atoms with Crippen molar-refractivity contribution in [3.8, 4) is 0 Å². The monoisotopic (exact) mass is 194 g/mol. The zero-order chi connectivity index (χ0) is 9.42. The van der Waals surface area contributed by atoms with Crippen LogP contribution in [0, 0.1) is 0 Å².